The summed E-state index contributed by atoms with van der Waals surface area (Å²) in [6, 6.07) is 2.64. The molecular formula is C11H8BrFO2. The SMILES string of the molecule is O=C(O)C1=CCCc2c(Br)cc(F)cc21. The number of halogens is 2. The molecule has 1 aromatic carbocycles. The maximum Gasteiger partial charge on any atom is 0.335 e. The molecule has 0 fully saturated rings. The summed E-state index contributed by atoms with van der Waals surface area (Å²) in [5, 5.41) is 8.96. The number of hydrogen-bond donors (Lipinski definition) is 1. The summed E-state index contributed by atoms with van der Waals surface area (Å²) in [5.41, 5.74) is 1.55. The molecule has 1 aliphatic rings. The molecule has 0 unspecified atom stereocenters. The van der Waals surface area contributed by atoms with E-state index in [-0.39, 0.29) is 5.57 Å². The Morgan fingerprint density at radius 3 is 2.87 bits per heavy atom. The van der Waals surface area contributed by atoms with Gasteiger partial charge in [-0.25, -0.2) is 9.18 Å². The van der Waals surface area contributed by atoms with Crippen molar-refractivity contribution in [3.05, 3.63) is 39.6 Å². The Bertz CT molecular complexity index is 466. The lowest BCUT2D eigenvalue weighted by Gasteiger charge is -2.16. The summed E-state index contributed by atoms with van der Waals surface area (Å²) in [6.45, 7) is 0. The Balaban J connectivity index is 2.64. The monoisotopic (exact) mass is 270 g/mol. The molecule has 0 bridgehead atoms. The molecule has 1 N–H and O–H groups in total. The van der Waals surface area contributed by atoms with Gasteiger partial charge in [0.1, 0.15) is 5.82 Å². The quantitative estimate of drug-likeness (QED) is 0.852. The van der Waals surface area contributed by atoms with Crippen molar-refractivity contribution in [3.63, 3.8) is 0 Å². The zero-order valence-electron chi connectivity index (χ0n) is 7.76. The molecular weight excluding hydrogens is 263 g/mol. The number of carboxylic acids is 1. The minimum atomic E-state index is -1.01. The third kappa shape index (κ3) is 1.81. The van der Waals surface area contributed by atoms with Gasteiger partial charge in [-0.05, 0) is 36.1 Å². The Hall–Kier alpha value is -1.16. The molecule has 0 saturated heterocycles. The first-order valence-corrected chi connectivity index (χ1v) is 5.30. The number of carboxylic acid groups (broad SMARTS) is 1. The van der Waals surface area contributed by atoms with E-state index in [0.717, 1.165) is 12.0 Å². The van der Waals surface area contributed by atoms with E-state index in [2.05, 4.69) is 15.9 Å². The van der Waals surface area contributed by atoms with Crippen molar-refractivity contribution in [2.75, 3.05) is 0 Å². The highest BCUT2D eigenvalue weighted by Crippen LogP contribution is 2.32. The summed E-state index contributed by atoms with van der Waals surface area (Å²) in [7, 11) is 0. The molecule has 0 aliphatic heterocycles. The fourth-order valence-electron chi connectivity index (χ4n) is 1.77. The number of carbonyl (C=O) groups is 1. The fourth-order valence-corrected chi connectivity index (χ4v) is 2.40. The first kappa shape index (κ1) is 10.4. The number of fused-ring (bicyclic) bond motifs is 1. The van der Waals surface area contributed by atoms with E-state index in [0.29, 0.717) is 16.5 Å². The van der Waals surface area contributed by atoms with Gasteiger partial charge in [0.25, 0.3) is 0 Å². The zero-order chi connectivity index (χ0) is 11.0. The van der Waals surface area contributed by atoms with Crippen LogP contribution >= 0.6 is 15.9 Å². The average molecular weight is 271 g/mol. The fraction of sp³-hybridized carbons (Fsp3) is 0.182. The molecule has 1 aliphatic carbocycles. The van der Waals surface area contributed by atoms with Crippen LogP contribution in [0.2, 0.25) is 0 Å². The summed E-state index contributed by atoms with van der Waals surface area (Å²) >= 11 is 3.25. The largest absolute Gasteiger partial charge is 0.478 e. The second-order valence-corrected chi connectivity index (χ2v) is 4.23. The van der Waals surface area contributed by atoms with Gasteiger partial charge in [0, 0.05) is 4.47 Å². The van der Waals surface area contributed by atoms with Gasteiger partial charge in [0.2, 0.25) is 0 Å². The number of rotatable bonds is 1. The average Bonchev–Trinajstić information content (AvgIpc) is 2.16. The van der Waals surface area contributed by atoms with Gasteiger partial charge in [0.15, 0.2) is 0 Å². The molecule has 2 nitrogen and oxygen atoms in total. The van der Waals surface area contributed by atoms with Gasteiger partial charge < -0.3 is 5.11 Å². The highest BCUT2D eigenvalue weighted by molar-refractivity contribution is 9.10. The van der Waals surface area contributed by atoms with Gasteiger partial charge in [-0.15, -0.1) is 0 Å². The lowest BCUT2D eigenvalue weighted by Crippen LogP contribution is -2.08. The predicted molar refractivity (Wildman–Crippen MR) is 58.0 cm³/mol. The van der Waals surface area contributed by atoms with E-state index in [1.807, 2.05) is 0 Å². The van der Waals surface area contributed by atoms with E-state index in [4.69, 9.17) is 5.11 Å². The first-order valence-electron chi connectivity index (χ1n) is 4.51. The number of aliphatic carboxylic acids is 1. The van der Waals surface area contributed by atoms with Crippen LogP contribution in [0, 0.1) is 5.82 Å². The topological polar surface area (TPSA) is 37.3 Å². The predicted octanol–water partition coefficient (Wildman–Crippen LogP) is 3.00. The summed E-state index contributed by atoms with van der Waals surface area (Å²) < 4.78 is 13.8. The van der Waals surface area contributed by atoms with E-state index in [1.54, 1.807) is 6.08 Å². The smallest absolute Gasteiger partial charge is 0.335 e. The molecule has 0 radical (unpaired) electrons. The van der Waals surface area contributed by atoms with Gasteiger partial charge in [-0.3, -0.25) is 0 Å². The van der Waals surface area contributed by atoms with E-state index in [1.165, 1.54) is 12.1 Å². The second-order valence-electron chi connectivity index (χ2n) is 3.38. The first-order chi connectivity index (χ1) is 7.09. The Morgan fingerprint density at radius 1 is 1.47 bits per heavy atom. The Morgan fingerprint density at radius 2 is 2.20 bits per heavy atom. The minimum absolute atomic E-state index is 0.191. The highest BCUT2D eigenvalue weighted by Gasteiger charge is 2.20. The van der Waals surface area contributed by atoms with Gasteiger partial charge in [0.05, 0.1) is 5.57 Å². The Kier molecular flexibility index (Phi) is 2.61. The van der Waals surface area contributed by atoms with Crippen LogP contribution in [-0.4, -0.2) is 11.1 Å². The van der Waals surface area contributed by atoms with Crippen LogP contribution in [-0.2, 0) is 11.2 Å². The standard InChI is InChI=1S/C11H8BrFO2/c12-10-5-6(13)4-9-7(10)2-1-3-8(9)11(14)15/h3-5H,1-2H2,(H,14,15). The van der Waals surface area contributed by atoms with Crippen LogP contribution in [0.15, 0.2) is 22.7 Å². The molecule has 0 amide bonds. The number of allylic oxidation sites excluding steroid dienone is 1. The molecule has 4 heteroatoms. The van der Waals surface area contributed by atoms with Crippen LogP contribution in [0.1, 0.15) is 17.5 Å². The maximum absolute atomic E-state index is 13.1. The van der Waals surface area contributed by atoms with Crippen molar-refractivity contribution in [2.24, 2.45) is 0 Å². The molecule has 15 heavy (non-hydrogen) atoms. The van der Waals surface area contributed by atoms with E-state index < -0.39 is 11.8 Å². The van der Waals surface area contributed by atoms with Crippen molar-refractivity contribution in [3.8, 4) is 0 Å². The molecule has 78 valence electrons. The number of hydrogen-bond acceptors (Lipinski definition) is 1. The van der Waals surface area contributed by atoms with Crippen LogP contribution in [0.25, 0.3) is 5.57 Å². The molecule has 2 rings (SSSR count). The van der Waals surface area contributed by atoms with Gasteiger partial charge in [-0.1, -0.05) is 22.0 Å². The Labute approximate surface area is 94.5 Å². The lowest BCUT2D eigenvalue weighted by atomic mass is 9.91. The molecule has 0 heterocycles. The van der Waals surface area contributed by atoms with Crippen LogP contribution < -0.4 is 0 Å². The maximum atomic E-state index is 13.1. The minimum Gasteiger partial charge on any atom is -0.478 e. The van der Waals surface area contributed by atoms with Gasteiger partial charge >= 0.3 is 5.97 Å². The van der Waals surface area contributed by atoms with Crippen molar-refractivity contribution < 1.29 is 14.3 Å². The molecule has 0 saturated carbocycles. The third-order valence-corrected chi connectivity index (χ3v) is 3.13. The van der Waals surface area contributed by atoms with Crippen LogP contribution in [0.5, 0.6) is 0 Å². The second kappa shape index (κ2) is 3.77. The lowest BCUT2D eigenvalue weighted by molar-refractivity contribution is -0.130. The normalized spacial score (nSPS) is 14.4. The number of benzene rings is 1. The van der Waals surface area contributed by atoms with E-state index in [9.17, 15) is 9.18 Å². The van der Waals surface area contributed by atoms with E-state index >= 15 is 0 Å². The van der Waals surface area contributed by atoms with Crippen molar-refractivity contribution in [1.29, 1.82) is 0 Å². The zero-order valence-corrected chi connectivity index (χ0v) is 9.34. The van der Waals surface area contributed by atoms with Crippen molar-refractivity contribution in [2.45, 2.75) is 12.8 Å². The molecule has 1 aromatic rings. The van der Waals surface area contributed by atoms with Crippen molar-refractivity contribution >= 4 is 27.5 Å². The molecule has 0 spiro atoms. The highest BCUT2D eigenvalue weighted by atomic mass is 79.9. The van der Waals surface area contributed by atoms with Crippen LogP contribution in [0.3, 0.4) is 0 Å². The van der Waals surface area contributed by atoms with Gasteiger partial charge in [-0.2, -0.15) is 0 Å². The van der Waals surface area contributed by atoms with Crippen LogP contribution in [0.4, 0.5) is 4.39 Å². The summed E-state index contributed by atoms with van der Waals surface area (Å²) in [5.74, 6) is -1.43. The molecule has 0 atom stereocenters. The molecule has 0 aromatic heterocycles. The van der Waals surface area contributed by atoms with Crippen molar-refractivity contribution in [1.82, 2.24) is 0 Å². The summed E-state index contributed by atoms with van der Waals surface area (Å²) in [6.07, 6.45) is 3.06. The summed E-state index contributed by atoms with van der Waals surface area (Å²) in [4.78, 5) is 10.9. The third-order valence-electron chi connectivity index (χ3n) is 2.42.